The van der Waals surface area contributed by atoms with Crippen LogP contribution in [0.25, 0.3) is 0 Å². The Hall–Kier alpha value is -3.12. The van der Waals surface area contributed by atoms with Gasteiger partial charge in [0.1, 0.15) is 6.54 Å². The number of hydrogen-bond acceptors (Lipinski definition) is 3. The van der Waals surface area contributed by atoms with Crippen molar-refractivity contribution in [2.24, 2.45) is 0 Å². The molecule has 0 aliphatic heterocycles. The van der Waals surface area contributed by atoms with E-state index in [9.17, 15) is 13.2 Å². The summed E-state index contributed by atoms with van der Waals surface area (Å²) in [6.07, 6.45) is 0.699. The molecule has 5 nitrogen and oxygen atoms in total. The molecule has 0 unspecified atom stereocenters. The molecule has 31 heavy (non-hydrogen) atoms. The van der Waals surface area contributed by atoms with E-state index in [2.05, 4.69) is 5.32 Å². The van der Waals surface area contributed by atoms with E-state index >= 15 is 0 Å². The smallest absolute Gasteiger partial charge is 0.264 e. The van der Waals surface area contributed by atoms with Crippen LogP contribution in [0.4, 0.5) is 5.69 Å². The van der Waals surface area contributed by atoms with Crippen LogP contribution in [0.1, 0.15) is 36.1 Å². The second-order valence-corrected chi connectivity index (χ2v) is 9.41. The standard InChI is InChI=1S/C25H28N2O3S/c1-4-23(21-16-14-19(2)15-17-21)26-25(28)18-27(24-13-9-8-10-20(24)3)31(29,30)22-11-6-5-7-12-22/h5-17,23H,4,18H2,1-3H3,(H,26,28)/t23-/m0/s1. The van der Waals surface area contributed by atoms with Crippen LogP contribution in [0.5, 0.6) is 0 Å². The van der Waals surface area contributed by atoms with Crippen molar-refractivity contribution >= 4 is 21.6 Å². The molecule has 3 aromatic carbocycles. The number of para-hydroxylation sites is 1. The van der Waals surface area contributed by atoms with Crippen molar-refractivity contribution in [3.05, 3.63) is 95.6 Å². The van der Waals surface area contributed by atoms with E-state index < -0.39 is 10.0 Å². The molecule has 0 bridgehead atoms. The summed E-state index contributed by atoms with van der Waals surface area (Å²) in [4.78, 5) is 13.2. The van der Waals surface area contributed by atoms with Gasteiger partial charge in [-0.05, 0) is 49.6 Å². The highest BCUT2D eigenvalue weighted by Gasteiger charge is 2.28. The fourth-order valence-electron chi connectivity index (χ4n) is 3.45. The number of carbonyl (C=O) groups is 1. The summed E-state index contributed by atoms with van der Waals surface area (Å²) in [6, 6.07) is 23.2. The molecule has 6 heteroatoms. The fourth-order valence-corrected chi connectivity index (χ4v) is 4.96. The van der Waals surface area contributed by atoms with Crippen molar-refractivity contribution in [3.8, 4) is 0 Å². The van der Waals surface area contributed by atoms with Gasteiger partial charge in [-0.25, -0.2) is 8.42 Å². The zero-order valence-electron chi connectivity index (χ0n) is 18.1. The Morgan fingerprint density at radius 1 is 0.903 bits per heavy atom. The van der Waals surface area contributed by atoms with Crippen LogP contribution in [-0.2, 0) is 14.8 Å². The molecule has 0 saturated carbocycles. The maximum Gasteiger partial charge on any atom is 0.264 e. The van der Waals surface area contributed by atoms with Crippen LogP contribution in [0.2, 0.25) is 0 Å². The molecular weight excluding hydrogens is 408 g/mol. The number of benzene rings is 3. The van der Waals surface area contributed by atoms with Crippen molar-refractivity contribution in [1.82, 2.24) is 5.32 Å². The lowest BCUT2D eigenvalue weighted by atomic mass is 10.0. The van der Waals surface area contributed by atoms with E-state index in [4.69, 9.17) is 0 Å². The van der Waals surface area contributed by atoms with Crippen molar-refractivity contribution in [3.63, 3.8) is 0 Å². The van der Waals surface area contributed by atoms with Gasteiger partial charge in [0.25, 0.3) is 10.0 Å². The minimum absolute atomic E-state index is 0.150. The van der Waals surface area contributed by atoms with Gasteiger partial charge in [-0.3, -0.25) is 9.10 Å². The normalized spacial score (nSPS) is 12.2. The van der Waals surface area contributed by atoms with Gasteiger partial charge in [0.15, 0.2) is 0 Å². The number of hydrogen-bond donors (Lipinski definition) is 1. The highest BCUT2D eigenvalue weighted by Crippen LogP contribution is 2.27. The van der Waals surface area contributed by atoms with Crippen LogP contribution in [0.15, 0.2) is 83.8 Å². The third-order valence-electron chi connectivity index (χ3n) is 5.23. The summed E-state index contributed by atoms with van der Waals surface area (Å²) in [7, 11) is -3.91. The monoisotopic (exact) mass is 436 g/mol. The lowest BCUT2D eigenvalue weighted by molar-refractivity contribution is -0.120. The van der Waals surface area contributed by atoms with Crippen molar-refractivity contribution in [1.29, 1.82) is 0 Å². The minimum atomic E-state index is -3.91. The Kier molecular flexibility index (Phi) is 7.13. The quantitative estimate of drug-likeness (QED) is 0.553. The van der Waals surface area contributed by atoms with E-state index in [0.29, 0.717) is 12.1 Å². The second-order valence-electron chi connectivity index (χ2n) is 7.55. The van der Waals surface area contributed by atoms with Crippen molar-refractivity contribution in [2.75, 3.05) is 10.8 Å². The zero-order valence-corrected chi connectivity index (χ0v) is 18.9. The third kappa shape index (κ3) is 5.33. The summed E-state index contributed by atoms with van der Waals surface area (Å²) in [5.74, 6) is -0.352. The summed E-state index contributed by atoms with van der Waals surface area (Å²) in [5.41, 5.74) is 3.41. The fraction of sp³-hybridized carbons (Fsp3) is 0.240. The van der Waals surface area contributed by atoms with Gasteiger partial charge in [-0.1, -0.05) is 73.2 Å². The van der Waals surface area contributed by atoms with Crippen molar-refractivity contribution < 1.29 is 13.2 Å². The summed E-state index contributed by atoms with van der Waals surface area (Å²) in [6.45, 7) is 5.54. The Labute approximate surface area is 184 Å². The van der Waals surface area contributed by atoms with Crippen LogP contribution in [0, 0.1) is 13.8 Å². The highest BCUT2D eigenvalue weighted by molar-refractivity contribution is 7.92. The maximum absolute atomic E-state index is 13.4. The predicted octanol–water partition coefficient (Wildman–Crippen LogP) is 4.77. The van der Waals surface area contributed by atoms with Crippen LogP contribution in [-0.4, -0.2) is 20.9 Å². The van der Waals surface area contributed by atoms with Gasteiger partial charge >= 0.3 is 0 Å². The van der Waals surface area contributed by atoms with Crippen LogP contribution in [0.3, 0.4) is 0 Å². The Morgan fingerprint density at radius 3 is 2.13 bits per heavy atom. The molecule has 1 atom stereocenters. The Balaban J connectivity index is 1.91. The Morgan fingerprint density at radius 2 is 1.52 bits per heavy atom. The molecule has 0 aliphatic carbocycles. The lowest BCUT2D eigenvalue weighted by Gasteiger charge is -2.27. The minimum Gasteiger partial charge on any atom is -0.348 e. The summed E-state index contributed by atoms with van der Waals surface area (Å²) in [5, 5.41) is 3.00. The summed E-state index contributed by atoms with van der Waals surface area (Å²) < 4.78 is 28.0. The molecular formula is C25H28N2O3S. The van der Waals surface area contributed by atoms with Gasteiger partial charge < -0.3 is 5.32 Å². The molecule has 3 rings (SSSR count). The molecule has 0 heterocycles. The molecule has 0 saturated heterocycles. The second kappa shape index (κ2) is 9.79. The molecule has 0 radical (unpaired) electrons. The largest absolute Gasteiger partial charge is 0.348 e. The first-order chi connectivity index (χ1) is 14.8. The highest BCUT2D eigenvalue weighted by atomic mass is 32.2. The zero-order chi connectivity index (χ0) is 22.4. The number of anilines is 1. The molecule has 0 spiro atoms. The SMILES string of the molecule is CC[C@H](NC(=O)CN(c1ccccc1C)S(=O)(=O)c1ccccc1)c1ccc(C)cc1. The van der Waals surface area contributed by atoms with Gasteiger partial charge in [0, 0.05) is 0 Å². The van der Waals surface area contributed by atoms with E-state index in [1.54, 1.807) is 42.5 Å². The number of nitrogens with one attached hydrogen (secondary N) is 1. The average Bonchev–Trinajstić information content (AvgIpc) is 2.77. The Bertz CT molecular complexity index is 1130. The molecule has 0 aromatic heterocycles. The molecule has 1 amide bonds. The van der Waals surface area contributed by atoms with E-state index in [-0.39, 0.29) is 23.4 Å². The molecule has 1 N–H and O–H groups in total. The van der Waals surface area contributed by atoms with Crippen LogP contribution < -0.4 is 9.62 Å². The van der Waals surface area contributed by atoms with Gasteiger partial charge in [-0.15, -0.1) is 0 Å². The third-order valence-corrected chi connectivity index (χ3v) is 7.00. The van der Waals surface area contributed by atoms with Gasteiger partial charge in [0.05, 0.1) is 16.6 Å². The maximum atomic E-state index is 13.4. The van der Waals surface area contributed by atoms with Gasteiger partial charge in [-0.2, -0.15) is 0 Å². The van der Waals surface area contributed by atoms with E-state index in [1.807, 2.05) is 57.2 Å². The number of sulfonamides is 1. The summed E-state index contributed by atoms with van der Waals surface area (Å²) >= 11 is 0. The average molecular weight is 437 g/mol. The number of carbonyl (C=O) groups excluding carboxylic acids is 1. The number of aryl methyl sites for hydroxylation is 2. The predicted molar refractivity (Wildman–Crippen MR) is 125 cm³/mol. The number of amides is 1. The molecule has 162 valence electrons. The number of nitrogens with zero attached hydrogens (tertiary/aromatic N) is 1. The van der Waals surface area contributed by atoms with E-state index in [0.717, 1.165) is 16.7 Å². The first-order valence-electron chi connectivity index (χ1n) is 10.3. The number of rotatable bonds is 8. The van der Waals surface area contributed by atoms with Gasteiger partial charge in [0.2, 0.25) is 5.91 Å². The molecule has 0 fully saturated rings. The molecule has 3 aromatic rings. The topological polar surface area (TPSA) is 66.5 Å². The van der Waals surface area contributed by atoms with E-state index in [1.165, 1.54) is 4.31 Å². The van der Waals surface area contributed by atoms with Crippen molar-refractivity contribution in [2.45, 2.75) is 38.1 Å². The first kappa shape index (κ1) is 22.6. The lowest BCUT2D eigenvalue weighted by Crippen LogP contribution is -2.42. The van der Waals surface area contributed by atoms with Crippen LogP contribution >= 0.6 is 0 Å². The molecule has 0 aliphatic rings. The first-order valence-corrected chi connectivity index (χ1v) is 11.8.